The van der Waals surface area contributed by atoms with Crippen molar-refractivity contribution in [3.8, 4) is 0 Å². The number of carbonyl (C=O) groups is 1. The van der Waals surface area contributed by atoms with Gasteiger partial charge in [-0.3, -0.25) is 4.79 Å². The standard InChI is InChI=1S/C16H27N3O/c1-4-19(5-2)12-6-11-18-13-14-7-9-15(10-8-14)16(20)17-3/h7-10,18H,4-6,11-13H2,1-3H3,(H,17,20). The topological polar surface area (TPSA) is 44.4 Å². The third kappa shape index (κ3) is 5.72. The van der Waals surface area contributed by atoms with E-state index in [2.05, 4.69) is 29.4 Å². The van der Waals surface area contributed by atoms with Crippen molar-refractivity contribution in [2.75, 3.05) is 33.2 Å². The van der Waals surface area contributed by atoms with E-state index in [0.29, 0.717) is 5.56 Å². The Labute approximate surface area is 122 Å². The molecule has 0 aliphatic heterocycles. The number of rotatable bonds is 9. The molecular formula is C16H27N3O. The van der Waals surface area contributed by atoms with E-state index in [4.69, 9.17) is 0 Å². The first kappa shape index (κ1) is 16.7. The fourth-order valence-electron chi connectivity index (χ4n) is 2.12. The first-order valence-corrected chi connectivity index (χ1v) is 7.45. The molecule has 0 heterocycles. The number of amides is 1. The summed E-state index contributed by atoms with van der Waals surface area (Å²) in [5.74, 6) is -0.0382. The summed E-state index contributed by atoms with van der Waals surface area (Å²) in [5.41, 5.74) is 1.92. The van der Waals surface area contributed by atoms with Crippen LogP contribution in [0.5, 0.6) is 0 Å². The summed E-state index contributed by atoms with van der Waals surface area (Å²) in [6.45, 7) is 9.67. The molecule has 0 saturated carbocycles. The smallest absolute Gasteiger partial charge is 0.251 e. The summed E-state index contributed by atoms with van der Waals surface area (Å²) in [4.78, 5) is 13.8. The minimum Gasteiger partial charge on any atom is -0.355 e. The molecule has 0 aliphatic rings. The van der Waals surface area contributed by atoms with Gasteiger partial charge in [0.05, 0.1) is 0 Å². The van der Waals surface area contributed by atoms with Crippen LogP contribution in [0.15, 0.2) is 24.3 Å². The molecule has 0 saturated heterocycles. The van der Waals surface area contributed by atoms with Gasteiger partial charge in [0, 0.05) is 19.2 Å². The molecular weight excluding hydrogens is 250 g/mol. The molecule has 20 heavy (non-hydrogen) atoms. The SMILES string of the molecule is CCN(CC)CCCNCc1ccc(C(=O)NC)cc1. The van der Waals surface area contributed by atoms with E-state index in [1.165, 1.54) is 5.56 Å². The van der Waals surface area contributed by atoms with E-state index in [1.54, 1.807) is 7.05 Å². The van der Waals surface area contributed by atoms with E-state index in [-0.39, 0.29) is 5.91 Å². The fraction of sp³-hybridized carbons (Fsp3) is 0.562. The van der Waals surface area contributed by atoms with Gasteiger partial charge >= 0.3 is 0 Å². The maximum absolute atomic E-state index is 11.4. The van der Waals surface area contributed by atoms with Gasteiger partial charge in [0.1, 0.15) is 0 Å². The van der Waals surface area contributed by atoms with Gasteiger partial charge in [-0.2, -0.15) is 0 Å². The molecule has 0 aliphatic carbocycles. The monoisotopic (exact) mass is 277 g/mol. The van der Waals surface area contributed by atoms with Crippen LogP contribution in [0.2, 0.25) is 0 Å². The molecule has 0 bridgehead atoms. The van der Waals surface area contributed by atoms with E-state index >= 15 is 0 Å². The lowest BCUT2D eigenvalue weighted by molar-refractivity contribution is 0.0963. The molecule has 4 nitrogen and oxygen atoms in total. The van der Waals surface area contributed by atoms with Gasteiger partial charge in [-0.05, 0) is 50.3 Å². The number of nitrogens with one attached hydrogen (secondary N) is 2. The first-order chi connectivity index (χ1) is 9.71. The van der Waals surface area contributed by atoms with Crippen LogP contribution in [0, 0.1) is 0 Å². The number of nitrogens with zero attached hydrogens (tertiary/aromatic N) is 1. The largest absolute Gasteiger partial charge is 0.355 e. The Morgan fingerprint density at radius 3 is 2.35 bits per heavy atom. The summed E-state index contributed by atoms with van der Waals surface area (Å²) in [6, 6.07) is 7.74. The van der Waals surface area contributed by atoms with Gasteiger partial charge in [-0.25, -0.2) is 0 Å². The minimum absolute atomic E-state index is 0.0382. The third-order valence-electron chi connectivity index (χ3n) is 3.49. The van der Waals surface area contributed by atoms with Crippen LogP contribution in [0.1, 0.15) is 36.2 Å². The van der Waals surface area contributed by atoms with Crippen LogP contribution in [-0.2, 0) is 6.54 Å². The predicted octanol–water partition coefficient (Wildman–Crippen LogP) is 1.87. The molecule has 4 heteroatoms. The molecule has 0 radical (unpaired) electrons. The van der Waals surface area contributed by atoms with Crippen LogP contribution in [0.3, 0.4) is 0 Å². The number of carbonyl (C=O) groups excluding carboxylic acids is 1. The Morgan fingerprint density at radius 1 is 1.15 bits per heavy atom. The molecule has 0 unspecified atom stereocenters. The molecule has 1 rings (SSSR count). The van der Waals surface area contributed by atoms with Crippen molar-refractivity contribution in [3.63, 3.8) is 0 Å². The highest BCUT2D eigenvalue weighted by molar-refractivity contribution is 5.93. The predicted molar refractivity (Wildman–Crippen MR) is 83.9 cm³/mol. The zero-order valence-corrected chi connectivity index (χ0v) is 12.9. The second-order valence-electron chi connectivity index (χ2n) is 4.83. The Bertz CT molecular complexity index is 385. The van der Waals surface area contributed by atoms with Crippen molar-refractivity contribution in [1.29, 1.82) is 0 Å². The highest BCUT2D eigenvalue weighted by Crippen LogP contribution is 2.04. The van der Waals surface area contributed by atoms with Crippen LogP contribution in [0.25, 0.3) is 0 Å². The summed E-state index contributed by atoms with van der Waals surface area (Å²) >= 11 is 0. The summed E-state index contributed by atoms with van der Waals surface area (Å²) in [6.07, 6.45) is 1.16. The van der Waals surface area contributed by atoms with Crippen molar-refractivity contribution in [3.05, 3.63) is 35.4 Å². The molecule has 1 aromatic carbocycles. The summed E-state index contributed by atoms with van der Waals surface area (Å²) in [7, 11) is 1.65. The molecule has 2 N–H and O–H groups in total. The van der Waals surface area contributed by atoms with E-state index in [9.17, 15) is 4.79 Å². The maximum atomic E-state index is 11.4. The van der Waals surface area contributed by atoms with Crippen LogP contribution >= 0.6 is 0 Å². The van der Waals surface area contributed by atoms with Crippen LogP contribution in [-0.4, -0.2) is 44.0 Å². The average molecular weight is 277 g/mol. The molecule has 1 aromatic rings. The minimum atomic E-state index is -0.0382. The van der Waals surface area contributed by atoms with E-state index in [0.717, 1.165) is 39.1 Å². The Balaban J connectivity index is 2.24. The second-order valence-corrected chi connectivity index (χ2v) is 4.83. The van der Waals surface area contributed by atoms with Crippen molar-refractivity contribution in [2.24, 2.45) is 0 Å². The third-order valence-corrected chi connectivity index (χ3v) is 3.49. The summed E-state index contributed by atoms with van der Waals surface area (Å²) in [5, 5.41) is 6.06. The highest BCUT2D eigenvalue weighted by Gasteiger charge is 2.02. The van der Waals surface area contributed by atoms with Crippen molar-refractivity contribution in [2.45, 2.75) is 26.8 Å². The highest BCUT2D eigenvalue weighted by atomic mass is 16.1. The zero-order valence-electron chi connectivity index (χ0n) is 12.9. The lowest BCUT2D eigenvalue weighted by Gasteiger charge is -2.17. The zero-order chi connectivity index (χ0) is 14.8. The van der Waals surface area contributed by atoms with E-state index < -0.39 is 0 Å². The van der Waals surface area contributed by atoms with Gasteiger partial charge in [0.15, 0.2) is 0 Å². The molecule has 0 aromatic heterocycles. The van der Waals surface area contributed by atoms with Gasteiger partial charge < -0.3 is 15.5 Å². The molecule has 0 atom stereocenters. The lowest BCUT2D eigenvalue weighted by atomic mass is 10.1. The normalized spacial score (nSPS) is 10.8. The lowest BCUT2D eigenvalue weighted by Crippen LogP contribution is -2.27. The van der Waals surface area contributed by atoms with Gasteiger partial charge in [0.2, 0.25) is 0 Å². The maximum Gasteiger partial charge on any atom is 0.251 e. The van der Waals surface area contributed by atoms with Gasteiger partial charge in [-0.15, -0.1) is 0 Å². The van der Waals surface area contributed by atoms with Crippen LogP contribution in [0.4, 0.5) is 0 Å². The molecule has 1 amide bonds. The van der Waals surface area contributed by atoms with Crippen LogP contribution < -0.4 is 10.6 Å². The Hall–Kier alpha value is -1.39. The van der Waals surface area contributed by atoms with Gasteiger partial charge in [0.25, 0.3) is 5.91 Å². The van der Waals surface area contributed by atoms with Gasteiger partial charge in [-0.1, -0.05) is 26.0 Å². The quantitative estimate of drug-likeness (QED) is 0.677. The number of hydrogen-bond acceptors (Lipinski definition) is 3. The van der Waals surface area contributed by atoms with Crippen molar-refractivity contribution in [1.82, 2.24) is 15.5 Å². The number of benzene rings is 1. The Morgan fingerprint density at radius 2 is 1.80 bits per heavy atom. The van der Waals surface area contributed by atoms with Crippen molar-refractivity contribution < 1.29 is 4.79 Å². The van der Waals surface area contributed by atoms with Crippen molar-refractivity contribution >= 4 is 5.91 Å². The molecule has 0 fully saturated rings. The fourth-order valence-corrected chi connectivity index (χ4v) is 2.12. The summed E-state index contributed by atoms with van der Waals surface area (Å²) < 4.78 is 0. The van der Waals surface area contributed by atoms with E-state index in [1.807, 2.05) is 24.3 Å². The number of hydrogen-bond donors (Lipinski definition) is 2. The molecule has 0 spiro atoms. The second kappa shape index (κ2) is 9.50. The Kier molecular flexibility index (Phi) is 7.92. The average Bonchev–Trinajstić information content (AvgIpc) is 2.50. The first-order valence-electron chi connectivity index (χ1n) is 7.45. The molecule has 112 valence electrons.